The lowest BCUT2D eigenvalue weighted by molar-refractivity contribution is 0.0880. The Morgan fingerprint density at radius 2 is 1.97 bits per heavy atom. The van der Waals surface area contributed by atoms with Crippen LogP contribution in [0.2, 0.25) is 0 Å². The molecule has 1 aliphatic rings. The van der Waals surface area contributed by atoms with E-state index < -0.39 is 18.2 Å². The third-order valence-electron chi connectivity index (χ3n) is 7.22. The van der Waals surface area contributed by atoms with Gasteiger partial charge >= 0.3 is 6.03 Å². The van der Waals surface area contributed by atoms with Crippen molar-refractivity contribution >= 4 is 11.8 Å². The average Bonchev–Trinajstić information content (AvgIpc) is 3.45. The molecule has 198 valence electrons. The predicted octanol–water partition coefficient (Wildman–Crippen LogP) is 4.63. The first-order valence-corrected chi connectivity index (χ1v) is 12.7. The topological polar surface area (TPSA) is 106 Å². The minimum absolute atomic E-state index is 0.226. The summed E-state index contributed by atoms with van der Waals surface area (Å²) in [5.74, 6) is 0.548. The number of aromatic nitrogens is 4. The van der Waals surface area contributed by atoms with Crippen LogP contribution in [0.3, 0.4) is 0 Å². The summed E-state index contributed by atoms with van der Waals surface area (Å²) in [6.45, 7) is 6.61. The van der Waals surface area contributed by atoms with Crippen LogP contribution in [0.5, 0.6) is 0 Å². The Morgan fingerprint density at radius 3 is 2.66 bits per heavy atom. The number of methoxy groups -OCH3 is 1. The summed E-state index contributed by atoms with van der Waals surface area (Å²) in [5.41, 5.74) is 5.98. The van der Waals surface area contributed by atoms with E-state index in [4.69, 9.17) is 9.84 Å². The summed E-state index contributed by atoms with van der Waals surface area (Å²) in [7, 11) is 3.51. The van der Waals surface area contributed by atoms with Crippen LogP contribution in [0.4, 0.5) is 10.6 Å². The van der Waals surface area contributed by atoms with Crippen molar-refractivity contribution in [2.24, 2.45) is 7.05 Å². The lowest BCUT2D eigenvalue weighted by Gasteiger charge is -2.41. The second kappa shape index (κ2) is 10.1. The van der Waals surface area contributed by atoms with Gasteiger partial charge in [0.2, 0.25) is 0 Å². The van der Waals surface area contributed by atoms with Crippen LogP contribution in [0.25, 0.3) is 16.9 Å². The monoisotopic (exact) mass is 514 g/mol. The summed E-state index contributed by atoms with van der Waals surface area (Å²) in [5, 5.41) is 26.3. The van der Waals surface area contributed by atoms with Gasteiger partial charge in [-0.3, -0.25) is 10.00 Å². The number of aliphatic hydroxyl groups excluding tert-OH is 1. The average molecular weight is 515 g/mol. The Labute approximate surface area is 222 Å². The molecule has 2 amide bonds. The van der Waals surface area contributed by atoms with Crippen molar-refractivity contribution in [1.29, 1.82) is 0 Å². The molecule has 9 nitrogen and oxygen atoms in total. The van der Waals surface area contributed by atoms with Crippen LogP contribution in [-0.4, -0.2) is 43.9 Å². The highest BCUT2D eigenvalue weighted by Crippen LogP contribution is 2.42. The molecule has 0 spiro atoms. The maximum atomic E-state index is 13.5. The number of ether oxygens (including phenoxy) is 1. The molecule has 2 aromatic heterocycles. The summed E-state index contributed by atoms with van der Waals surface area (Å²) < 4.78 is 8.77. The number of hydrogen-bond donors (Lipinski definition) is 3. The van der Waals surface area contributed by atoms with E-state index in [2.05, 4.69) is 35.6 Å². The van der Waals surface area contributed by atoms with Gasteiger partial charge < -0.3 is 15.2 Å². The molecule has 0 unspecified atom stereocenters. The van der Waals surface area contributed by atoms with Crippen LogP contribution in [-0.2, 0) is 23.8 Å². The lowest BCUT2D eigenvalue weighted by Crippen LogP contribution is -2.45. The number of hydrogen-bond acceptors (Lipinski definition) is 5. The van der Waals surface area contributed by atoms with Crippen LogP contribution in [0.1, 0.15) is 48.6 Å². The summed E-state index contributed by atoms with van der Waals surface area (Å²) >= 11 is 0. The number of rotatable bonds is 6. The molecule has 0 aliphatic heterocycles. The number of amides is 2. The first-order valence-electron chi connectivity index (χ1n) is 12.7. The van der Waals surface area contributed by atoms with Crippen molar-refractivity contribution in [3.63, 3.8) is 0 Å². The molecule has 0 fully saturated rings. The number of carbonyl (C=O) groups is 1. The fourth-order valence-electron chi connectivity index (χ4n) is 5.38. The van der Waals surface area contributed by atoms with E-state index in [1.54, 1.807) is 22.7 Å². The molecule has 0 bridgehead atoms. The first kappa shape index (κ1) is 25.7. The molecule has 2 aromatic carbocycles. The van der Waals surface area contributed by atoms with Gasteiger partial charge in [-0.15, -0.1) is 0 Å². The van der Waals surface area contributed by atoms with Gasteiger partial charge in [-0.05, 0) is 47.6 Å². The lowest BCUT2D eigenvalue weighted by atomic mass is 9.69. The third kappa shape index (κ3) is 4.82. The molecule has 2 heterocycles. The molecule has 38 heavy (non-hydrogen) atoms. The second-order valence-corrected chi connectivity index (χ2v) is 10.6. The standard InChI is InChI=1S/C29H34N6O3/c1-18-25(20-15-30-34(4)16-20)33-35(21-9-7-6-8-10-21)27(18)32-28(37)31-26-22-13-19(17-38-5)11-12-23(22)29(2,3)14-24(26)36/h6-13,15-16,24,26,36H,14,17H2,1-5H3,(H2,31,32,37)/t24-,26-/m1/s1. The van der Waals surface area contributed by atoms with Gasteiger partial charge in [0.15, 0.2) is 0 Å². The minimum atomic E-state index is -0.743. The molecule has 9 heteroatoms. The van der Waals surface area contributed by atoms with E-state index in [0.29, 0.717) is 18.8 Å². The SMILES string of the molecule is COCc1ccc2c(c1)[C@@H](NC(=O)Nc1c(C)c(-c3cnn(C)c3)nn1-c1ccccc1)[C@H](O)CC2(C)C. The number of fused-ring (bicyclic) bond motifs is 1. The largest absolute Gasteiger partial charge is 0.391 e. The number of urea groups is 1. The fourth-order valence-corrected chi connectivity index (χ4v) is 5.38. The Kier molecular flexibility index (Phi) is 6.81. The van der Waals surface area contributed by atoms with Gasteiger partial charge in [0, 0.05) is 31.5 Å². The summed E-state index contributed by atoms with van der Waals surface area (Å²) in [6, 6.07) is 14.8. The number of benzene rings is 2. The van der Waals surface area contributed by atoms with Crippen LogP contribution < -0.4 is 10.6 Å². The van der Waals surface area contributed by atoms with Crippen LogP contribution in [0, 0.1) is 6.92 Å². The maximum absolute atomic E-state index is 13.5. The normalized spacial score (nSPS) is 18.2. The number of aliphatic hydroxyl groups is 1. The van der Waals surface area contributed by atoms with Crippen molar-refractivity contribution in [2.45, 2.75) is 51.4 Å². The molecular formula is C29H34N6O3. The highest BCUT2D eigenvalue weighted by Gasteiger charge is 2.39. The quantitative estimate of drug-likeness (QED) is 0.348. The van der Waals surface area contributed by atoms with E-state index in [-0.39, 0.29) is 5.41 Å². The van der Waals surface area contributed by atoms with Crippen molar-refractivity contribution in [1.82, 2.24) is 24.9 Å². The van der Waals surface area contributed by atoms with Crippen LogP contribution >= 0.6 is 0 Å². The molecule has 2 atom stereocenters. The zero-order valence-corrected chi connectivity index (χ0v) is 22.4. The summed E-state index contributed by atoms with van der Waals surface area (Å²) in [4.78, 5) is 13.5. The van der Waals surface area contributed by atoms with Crippen molar-refractivity contribution < 1.29 is 14.6 Å². The minimum Gasteiger partial charge on any atom is -0.391 e. The van der Waals surface area contributed by atoms with Gasteiger partial charge in [0.25, 0.3) is 0 Å². The zero-order valence-electron chi connectivity index (χ0n) is 22.4. The van der Waals surface area contributed by atoms with Crippen LogP contribution in [0.15, 0.2) is 60.9 Å². The van der Waals surface area contributed by atoms with Crippen molar-refractivity contribution in [3.05, 3.63) is 83.2 Å². The molecule has 3 N–H and O–H groups in total. The van der Waals surface area contributed by atoms with E-state index >= 15 is 0 Å². The van der Waals surface area contributed by atoms with E-state index in [1.807, 2.05) is 62.6 Å². The van der Waals surface area contributed by atoms with E-state index in [1.165, 1.54) is 0 Å². The Morgan fingerprint density at radius 1 is 1.21 bits per heavy atom. The smallest absolute Gasteiger partial charge is 0.320 e. The number of carbonyl (C=O) groups excluding carboxylic acids is 1. The van der Waals surface area contributed by atoms with Gasteiger partial charge in [0.05, 0.1) is 30.6 Å². The number of para-hydroxylation sites is 1. The molecular weight excluding hydrogens is 480 g/mol. The molecule has 0 radical (unpaired) electrons. The van der Waals surface area contributed by atoms with Gasteiger partial charge in [0.1, 0.15) is 11.5 Å². The number of aryl methyl sites for hydroxylation is 1. The predicted molar refractivity (Wildman–Crippen MR) is 146 cm³/mol. The number of anilines is 1. The molecule has 5 rings (SSSR count). The molecule has 1 aliphatic carbocycles. The second-order valence-electron chi connectivity index (χ2n) is 10.6. The molecule has 0 saturated carbocycles. The van der Waals surface area contributed by atoms with E-state index in [9.17, 15) is 9.90 Å². The van der Waals surface area contributed by atoms with Crippen molar-refractivity contribution in [3.8, 4) is 16.9 Å². The van der Waals surface area contributed by atoms with E-state index in [0.717, 1.165) is 39.2 Å². The summed E-state index contributed by atoms with van der Waals surface area (Å²) in [6.07, 6.45) is 3.43. The highest BCUT2D eigenvalue weighted by atomic mass is 16.5. The number of nitrogens with zero attached hydrogens (tertiary/aromatic N) is 4. The molecule has 0 saturated heterocycles. The van der Waals surface area contributed by atoms with Gasteiger partial charge in [-0.25, -0.2) is 9.48 Å². The number of nitrogens with one attached hydrogen (secondary N) is 2. The van der Waals surface area contributed by atoms with Gasteiger partial charge in [-0.1, -0.05) is 50.2 Å². The Balaban J connectivity index is 1.49. The molecule has 4 aromatic rings. The highest BCUT2D eigenvalue weighted by molar-refractivity contribution is 5.91. The Hall–Kier alpha value is -3.95. The van der Waals surface area contributed by atoms with Gasteiger partial charge in [-0.2, -0.15) is 10.2 Å². The fraction of sp³-hybridized carbons (Fsp3) is 0.345. The maximum Gasteiger partial charge on any atom is 0.320 e. The first-order chi connectivity index (χ1) is 18.2. The third-order valence-corrected chi connectivity index (χ3v) is 7.22. The zero-order chi connectivity index (χ0) is 27.0. The van der Waals surface area contributed by atoms with Crippen molar-refractivity contribution in [2.75, 3.05) is 12.4 Å². The Bertz CT molecular complexity index is 1460.